The minimum absolute atomic E-state index is 0.187. The third-order valence-electron chi connectivity index (χ3n) is 7.41. The molecule has 0 aromatic heterocycles. The molecule has 0 saturated heterocycles. The molecule has 196 valence electrons. The maximum atomic E-state index is 13.6. The second-order valence-electron chi connectivity index (χ2n) is 9.45. The van der Waals surface area contributed by atoms with Crippen molar-refractivity contribution in [2.75, 3.05) is 6.61 Å². The highest BCUT2D eigenvalue weighted by Gasteiger charge is 2.63. The molecule has 0 aliphatic heterocycles. The average molecular weight is 520 g/mol. The lowest BCUT2D eigenvalue weighted by atomic mass is 9.57. The van der Waals surface area contributed by atoms with Crippen LogP contribution in [0.4, 0.5) is 0 Å². The number of rotatable bonds is 4. The Kier molecular flexibility index (Phi) is 5.89. The fourth-order valence-electron chi connectivity index (χ4n) is 5.69. The van der Waals surface area contributed by atoms with Gasteiger partial charge in [-0.05, 0) is 41.8 Å². The number of ketones is 2. The van der Waals surface area contributed by atoms with E-state index in [1.54, 1.807) is 36.4 Å². The Morgan fingerprint density at radius 2 is 1.82 bits per heavy atom. The molecule has 10 heteroatoms. The Hall–Kier alpha value is -4.41. The zero-order chi connectivity index (χ0) is 27.5. The summed E-state index contributed by atoms with van der Waals surface area (Å²) in [6.07, 6.45) is -0.575. The van der Waals surface area contributed by atoms with Gasteiger partial charge in [-0.2, -0.15) is 0 Å². The van der Waals surface area contributed by atoms with Crippen LogP contribution in [0.1, 0.15) is 34.8 Å². The number of aliphatic hydroxyl groups is 4. The molecule has 2 aromatic carbocycles. The molecule has 38 heavy (non-hydrogen) atoms. The van der Waals surface area contributed by atoms with Crippen LogP contribution in [-0.4, -0.2) is 61.3 Å². The number of amides is 1. The minimum Gasteiger partial charge on any atom is -0.511 e. The number of carbonyl (C=O) groups is 3. The molecule has 10 nitrogen and oxygen atoms in total. The lowest BCUT2D eigenvalue weighted by Gasteiger charge is -2.49. The minimum atomic E-state index is -2.90. The van der Waals surface area contributed by atoms with Crippen molar-refractivity contribution in [3.63, 3.8) is 0 Å². The van der Waals surface area contributed by atoms with Crippen molar-refractivity contribution in [1.29, 1.82) is 0 Å². The van der Waals surface area contributed by atoms with E-state index in [-0.39, 0.29) is 11.1 Å². The molecule has 4 unspecified atom stereocenters. The number of fused-ring (bicyclic) bond motifs is 3. The number of phenols is 1. The third kappa shape index (κ3) is 3.45. The largest absolute Gasteiger partial charge is 0.511 e. The van der Waals surface area contributed by atoms with E-state index in [0.29, 0.717) is 23.5 Å². The van der Waals surface area contributed by atoms with Crippen LogP contribution in [0.2, 0.25) is 0 Å². The maximum absolute atomic E-state index is 13.6. The monoisotopic (exact) mass is 519 g/mol. The first kappa shape index (κ1) is 25.2. The zero-order valence-corrected chi connectivity index (χ0v) is 20.2. The van der Waals surface area contributed by atoms with Crippen LogP contribution >= 0.6 is 0 Å². The van der Waals surface area contributed by atoms with Crippen molar-refractivity contribution in [3.05, 3.63) is 81.8 Å². The number of hydrogen-bond acceptors (Lipinski definition) is 9. The summed E-state index contributed by atoms with van der Waals surface area (Å²) in [5.74, 6) is -7.99. The van der Waals surface area contributed by atoms with Gasteiger partial charge in [0, 0.05) is 18.3 Å². The summed E-state index contributed by atoms with van der Waals surface area (Å²) in [5.41, 5.74) is 1.97. The first-order valence-corrected chi connectivity index (χ1v) is 11.9. The van der Waals surface area contributed by atoms with E-state index in [9.17, 15) is 39.9 Å². The van der Waals surface area contributed by atoms with Gasteiger partial charge in [-0.25, -0.2) is 0 Å². The summed E-state index contributed by atoms with van der Waals surface area (Å²) < 4.78 is 5.47. The van der Waals surface area contributed by atoms with Crippen LogP contribution in [0.25, 0.3) is 11.6 Å². The van der Waals surface area contributed by atoms with Gasteiger partial charge in [-0.1, -0.05) is 30.3 Å². The highest BCUT2D eigenvalue weighted by Crippen LogP contribution is 2.55. The van der Waals surface area contributed by atoms with Crippen LogP contribution in [-0.2, 0) is 9.59 Å². The number of ether oxygens (including phenoxy) is 1. The van der Waals surface area contributed by atoms with Crippen LogP contribution < -0.4 is 10.5 Å². The van der Waals surface area contributed by atoms with Gasteiger partial charge >= 0.3 is 0 Å². The molecule has 5 rings (SSSR count). The molecule has 7 N–H and O–H groups in total. The molecule has 0 heterocycles. The molecule has 1 amide bonds. The fraction of sp³-hybridized carbons (Fsp3) is 0.250. The molecular weight excluding hydrogens is 494 g/mol. The van der Waals surface area contributed by atoms with Crippen molar-refractivity contribution in [2.24, 2.45) is 17.6 Å². The van der Waals surface area contributed by atoms with Crippen LogP contribution in [0, 0.1) is 11.8 Å². The number of carbonyl (C=O) groups excluding carboxylic acids is 3. The number of aliphatic hydroxyl groups excluding tert-OH is 3. The Labute approximate surface area is 216 Å². The number of aromatic hydroxyl groups is 1. The van der Waals surface area contributed by atoms with Gasteiger partial charge in [0.05, 0.1) is 23.8 Å². The number of benzene rings is 2. The van der Waals surface area contributed by atoms with E-state index in [2.05, 4.69) is 0 Å². The first-order chi connectivity index (χ1) is 18.0. The molecule has 3 aliphatic rings. The van der Waals surface area contributed by atoms with Crippen LogP contribution in [0.5, 0.6) is 11.5 Å². The van der Waals surface area contributed by atoms with E-state index < -0.39 is 75.8 Å². The molecule has 0 fully saturated rings. The molecule has 0 radical (unpaired) electrons. The van der Waals surface area contributed by atoms with Gasteiger partial charge in [-0.3, -0.25) is 14.4 Å². The predicted molar refractivity (Wildman–Crippen MR) is 134 cm³/mol. The number of nitrogens with two attached hydrogens (primary N) is 1. The van der Waals surface area contributed by atoms with Gasteiger partial charge < -0.3 is 36.0 Å². The second kappa shape index (κ2) is 8.86. The highest BCUT2D eigenvalue weighted by atomic mass is 16.5. The normalized spacial score (nSPS) is 27.7. The zero-order valence-electron chi connectivity index (χ0n) is 20.2. The maximum Gasteiger partial charge on any atom is 0.255 e. The third-order valence-corrected chi connectivity index (χ3v) is 7.41. The predicted octanol–water partition coefficient (Wildman–Crippen LogP) is 1.95. The smallest absolute Gasteiger partial charge is 0.255 e. The summed E-state index contributed by atoms with van der Waals surface area (Å²) in [4.78, 5) is 38.7. The van der Waals surface area contributed by atoms with E-state index in [1.807, 2.05) is 6.92 Å². The Morgan fingerprint density at radius 1 is 1.13 bits per heavy atom. The Balaban J connectivity index is 1.77. The number of allylic oxidation sites excluding steroid dienone is 1. The molecule has 3 aliphatic carbocycles. The summed E-state index contributed by atoms with van der Waals surface area (Å²) in [5, 5.41) is 55.3. The van der Waals surface area contributed by atoms with E-state index in [4.69, 9.17) is 10.5 Å². The molecule has 0 spiro atoms. The molecular formula is C28H25NO9. The summed E-state index contributed by atoms with van der Waals surface area (Å²) in [6.45, 7) is 2.32. The van der Waals surface area contributed by atoms with Crippen molar-refractivity contribution in [3.8, 4) is 11.5 Å². The van der Waals surface area contributed by atoms with Gasteiger partial charge in [0.1, 0.15) is 28.6 Å². The fourth-order valence-corrected chi connectivity index (χ4v) is 5.69. The van der Waals surface area contributed by atoms with E-state index in [0.717, 1.165) is 0 Å². The second-order valence-corrected chi connectivity index (χ2v) is 9.45. The Bertz CT molecular complexity index is 1480. The van der Waals surface area contributed by atoms with Gasteiger partial charge in [-0.15, -0.1) is 0 Å². The van der Waals surface area contributed by atoms with Crippen LogP contribution in [0.3, 0.4) is 0 Å². The van der Waals surface area contributed by atoms with Gasteiger partial charge in [0.2, 0.25) is 5.78 Å². The summed E-state index contributed by atoms with van der Waals surface area (Å²) in [6, 6.07) is 11.3. The summed E-state index contributed by atoms with van der Waals surface area (Å²) >= 11 is 0. The lowest BCUT2D eigenvalue weighted by Crippen LogP contribution is -2.62. The number of Topliss-reactive ketones (excluding diaryl/α,β-unsaturated/α-hetero) is 2. The van der Waals surface area contributed by atoms with Crippen molar-refractivity contribution in [2.45, 2.75) is 25.0 Å². The number of primary amides is 1. The molecule has 4 atom stereocenters. The molecule has 0 saturated carbocycles. The average Bonchev–Trinajstić information content (AvgIpc) is 2.87. The topological polar surface area (TPSA) is 188 Å². The van der Waals surface area contributed by atoms with Crippen LogP contribution in [0.15, 0.2) is 65.1 Å². The van der Waals surface area contributed by atoms with E-state index in [1.165, 1.54) is 12.1 Å². The Morgan fingerprint density at radius 3 is 2.45 bits per heavy atom. The van der Waals surface area contributed by atoms with Crippen molar-refractivity contribution < 1.29 is 44.7 Å². The number of hydrogen-bond donors (Lipinski definition) is 6. The molecule has 2 aromatic rings. The highest BCUT2D eigenvalue weighted by molar-refractivity contribution is 6.25. The summed E-state index contributed by atoms with van der Waals surface area (Å²) in [7, 11) is 0. The van der Waals surface area contributed by atoms with Crippen molar-refractivity contribution >= 4 is 29.1 Å². The van der Waals surface area contributed by atoms with Gasteiger partial charge in [0.25, 0.3) is 5.91 Å². The standard InChI is InChI=1S/C28H25NO9/c1-2-38-13-8-6-12(7-9-13)10-15-14-4-3-5-17(30)19(14)24(33)22-20(15)23(32)16-11-18(31)21(27(29)36)25(34)28(16,37)26(22)35/h3-10,16,20,23,30-32,35,37H,2,11H2,1H3,(H2,29,36)/b15-10+. The SMILES string of the molecule is CCOc1ccc(/C=C2\c3cccc(O)c3C(=O)C3=C(O)C4(O)C(=O)C(C(N)=O)=C(O)CC4C(O)C32)cc1. The van der Waals surface area contributed by atoms with Crippen molar-refractivity contribution in [1.82, 2.24) is 0 Å². The van der Waals surface area contributed by atoms with E-state index >= 15 is 0 Å². The first-order valence-electron chi connectivity index (χ1n) is 11.9. The molecule has 0 bridgehead atoms. The lowest BCUT2D eigenvalue weighted by molar-refractivity contribution is -0.152. The van der Waals surface area contributed by atoms with Gasteiger partial charge in [0.15, 0.2) is 11.4 Å². The number of phenolic OH excluding ortho intramolecular Hbond substituents is 1. The quantitative estimate of drug-likeness (QED) is 0.328.